The van der Waals surface area contributed by atoms with Gasteiger partial charge >= 0.3 is 17.9 Å². The zero-order chi connectivity index (χ0) is 15.6. The molecule has 7 heteroatoms. The Balaban J connectivity index is 4.65. The second-order valence-corrected chi connectivity index (χ2v) is 4.48. The molecule has 0 amide bonds. The molecule has 0 fully saturated rings. The van der Waals surface area contributed by atoms with E-state index in [1.165, 1.54) is 0 Å². The average molecular weight is 292 g/mol. The predicted molar refractivity (Wildman–Crippen MR) is 69.3 cm³/mol. The first-order valence-corrected chi connectivity index (χ1v) is 6.84. The van der Waals surface area contributed by atoms with Gasteiger partial charge in [0.1, 0.15) is 0 Å². The van der Waals surface area contributed by atoms with E-state index < -0.39 is 30.6 Å². The van der Waals surface area contributed by atoms with Gasteiger partial charge in [-0.1, -0.05) is 26.7 Å². The molecule has 0 saturated heterocycles. The number of hydrogen-bond donors (Lipinski definition) is 3. The molecular weight excluding hydrogens is 268 g/mol. The second kappa shape index (κ2) is 9.68. The van der Waals surface area contributed by atoms with Crippen LogP contribution in [0.3, 0.4) is 0 Å². The molecule has 0 radical (unpaired) electrons. The SMILES string of the molecule is CCCCC(=O)OC(O)(OC(=O)CCCC)C(O)CO. The van der Waals surface area contributed by atoms with Crippen LogP contribution in [-0.2, 0) is 19.1 Å². The Morgan fingerprint density at radius 1 is 1.05 bits per heavy atom. The lowest BCUT2D eigenvalue weighted by Crippen LogP contribution is -2.51. The highest BCUT2D eigenvalue weighted by molar-refractivity contribution is 5.71. The molecule has 0 rings (SSSR count). The maximum Gasteiger partial charge on any atom is 0.403 e. The van der Waals surface area contributed by atoms with Gasteiger partial charge in [0, 0.05) is 12.8 Å². The summed E-state index contributed by atoms with van der Waals surface area (Å²) in [6.45, 7) is 2.82. The highest BCUT2D eigenvalue weighted by atomic mass is 16.8. The monoisotopic (exact) mass is 292 g/mol. The molecule has 0 aromatic rings. The molecule has 0 aliphatic carbocycles. The third kappa shape index (κ3) is 6.83. The van der Waals surface area contributed by atoms with Crippen molar-refractivity contribution in [2.45, 2.75) is 64.4 Å². The molecule has 7 nitrogen and oxygen atoms in total. The summed E-state index contributed by atoms with van der Waals surface area (Å²) in [5.41, 5.74) is 0. The van der Waals surface area contributed by atoms with E-state index >= 15 is 0 Å². The van der Waals surface area contributed by atoms with Crippen molar-refractivity contribution < 1.29 is 34.4 Å². The van der Waals surface area contributed by atoms with E-state index in [9.17, 15) is 19.8 Å². The number of aliphatic hydroxyl groups is 3. The zero-order valence-corrected chi connectivity index (χ0v) is 12.0. The first-order valence-electron chi connectivity index (χ1n) is 6.84. The van der Waals surface area contributed by atoms with Crippen molar-refractivity contribution in [1.82, 2.24) is 0 Å². The number of carbonyl (C=O) groups is 2. The number of aliphatic hydroxyl groups excluding tert-OH is 2. The van der Waals surface area contributed by atoms with Crippen LogP contribution in [0, 0.1) is 0 Å². The fourth-order valence-corrected chi connectivity index (χ4v) is 1.34. The molecule has 3 N–H and O–H groups in total. The smallest absolute Gasteiger partial charge is 0.396 e. The van der Waals surface area contributed by atoms with Crippen LogP contribution in [0.1, 0.15) is 52.4 Å². The molecule has 0 aromatic carbocycles. The highest BCUT2D eigenvalue weighted by Crippen LogP contribution is 2.18. The van der Waals surface area contributed by atoms with Gasteiger partial charge < -0.3 is 24.8 Å². The molecule has 20 heavy (non-hydrogen) atoms. The molecule has 0 spiro atoms. The molecule has 0 aliphatic rings. The Morgan fingerprint density at radius 2 is 1.45 bits per heavy atom. The van der Waals surface area contributed by atoms with E-state index in [0.717, 1.165) is 12.8 Å². The Morgan fingerprint density at radius 3 is 1.75 bits per heavy atom. The standard InChI is InChI=1S/C13H24O7/c1-3-5-7-11(16)19-13(18,10(15)9-14)20-12(17)8-6-4-2/h10,14-15,18H,3-9H2,1-2H3. The number of hydrogen-bond acceptors (Lipinski definition) is 7. The van der Waals surface area contributed by atoms with E-state index in [1.807, 2.05) is 13.8 Å². The summed E-state index contributed by atoms with van der Waals surface area (Å²) in [4.78, 5) is 22.9. The number of rotatable bonds is 10. The van der Waals surface area contributed by atoms with Crippen LogP contribution in [0.25, 0.3) is 0 Å². The van der Waals surface area contributed by atoms with Crippen molar-refractivity contribution in [3.63, 3.8) is 0 Å². The summed E-state index contributed by atoms with van der Waals surface area (Å²) < 4.78 is 9.21. The van der Waals surface area contributed by atoms with Crippen LogP contribution in [-0.4, -0.2) is 45.9 Å². The minimum atomic E-state index is -2.84. The van der Waals surface area contributed by atoms with E-state index in [-0.39, 0.29) is 12.8 Å². The summed E-state index contributed by atoms with van der Waals surface area (Å²) in [7, 11) is 0. The van der Waals surface area contributed by atoms with Gasteiger partial charge in [0.05, 0.1) is 6.61 Å². The normalized spacial score (nSPS) is 12.8. The fourth-order valence-electron chi connectivity index (χ4n) is 1.34. The largest absolute Gasteiger partial charge is 0.403 e. The van der Waals surface area contributed by atoms with Gasteiger partial charge in [0.15, 0.2) is 6.10 Å². The number of carbonyl (C=O) groups excluding carboxylic acids is 2. The van der Waals surface area contributed by atoms with E-state index in [1.54, 1.807) is 0 Å². The lowest BCUT2D eigenvalue weighted by Gasteiger charge is -2.30. The number of ether oxygens (including phenoxy) is 2. The summed E-state index contributed by atoms with van der Waals surface area (Å²) in [6.07, 6.45) is 0.673. The molecule has 1 atom stereocenters. The molecule has 0 bridgehead atoms. The van der Waals surface area contributed by atoms with Crippen LogP contribution in [0.4, 0.5) is 0 Å². The van der Waals surface area contributed by atoms with Gasteiger partial charge in [-0.05, 0) is 12.8 Å². The minimum absolute atomic E-state index is 0.0173. The third-order valence-electron chi connectivity index (χ3n) is 2.58. The third-order valence-corrected chi connectivity index (χ3v) is 2.58. The summed E-state index contributed by atoms with van der Waals surface area (Å²) in [5.74, 6) is -4.47. The average Bonchev–Trinajstić information content (AvgIpc) is 2.41. The lowest BCUT2D eigenvalue weighted by molar-refractivity contribution is -0.364. The van der Waals surface area contributed by atoms with Crippen molar-refractivity contribution in [3.05, 3.63) is 0 Å². The summed E-state index contributed by atoms with van der Waals surface area (Å²) in [5, 5.41) is 28.3. The molecule has 0 heterocycles. The van der Waals surface area contributed by atoms with Gasteiger partial charge in [0.2, 0.25) is 0 Å². The molecule has 0 aromatic heterocycles. The van der Waals surface area contributed by atoms with Crippen molar-refractivity contribution >= 4 is 11.9 Å². The van der Waals surface area contributed by atoms with E-state index in [4.69, 9.17) is 5.11 Å². The van der Waals surface area contributed by atoms with Crippen LogP contribution in [0.5, 0.6) is 0 Å². The van der Waals surface area contributed by atoms with Gasteiger partial charge in [0.25, 0.3) is 0 Å². The fraction of sp³-hybridized carbons (Fsp3) is 0.846. The van der Waals surface area contributed by atoms with Gasteiger partial charge in [-0.15, -0.1) is 0 Å². The van der Waals surface area contributed by atoms with Crippen LogP contribution < -0.4 is 0 Å². The first kappa shape index (κ1) is 18.8. The zero-order valence-electron chi connectivity index (χ0n) is 12.0. The summed E-state index contributed by atoms with van der Waals surface area (Å²) >= 11 is 0. The predicted octanol–water partition coefficient (Wildman–Crippen LogP) is 0.452. The Hall–Kier alpha value is -1.18. The van der Waals surface area contributed by atoms with Crippen molar-refractivity contribution in [1.29, 1.82) is 0 Å². The summed E-state index contributed by atoms with van der Waals surface area (Å²) in [6, 6.07) is 0. The maximum atomic E-state index is 11.5. The Kier molecular flexibility index (Phi) is 9.11. The Bertz CT molecular complexity index is 281. The van der Waals surface area contributed by atoms with Crippen LogP contribution >= 0.6 is 0 Å². The second-order valence-electron chi connectivity index (χ2n) is 4.48. The quantitative estimate of drug-likeness (QED) is 0.396. The lowest BCUT2D eigenvalue weighted by atomic mass is 10.2. The minimum Gasteiger partial charge on any atom is -0.396 e. The van der Waals surface area contributed by atoms with Crippen molar-refractivity contribution in [2.75, 3.05) is 6.61 Å². The molecular formula is C13H24O7. The molecule has 118 valence electrons. The van der Waals surface area contributed by atoms with Crippen molar-refractivity contribution in [3.8, 4) is 0 Å². The maximum absolute atomic E-state index is 11.5. The number of unbranched alkanes of at least 4 members (excludes halogenated alkanes) is 2. The van der Waals surface area contributed by atoms with Crippen LogP contribution in [0.2, 0.25) is 0 Å². The van der Waals surface area contributed by atoms with Gasteiger partial charge in [-0.25, -0.2) is 0 Å². The highest BCUT2D eigenvalue weighted by Gasteiger charge is 2.44. The van der Waals surface area contributed by atoms with E-state index in [2.05, 4.69) is 9.47 Å². The van der Waals surface area contributed by atoms with Crippen molar-refractivity contribution in [2.24, 2.45) is 0 Å². The van der Waals surface area contributed by atoms with Gasteiger partial charge in [-0.3, -0.25) is 9.59 Å². The topological polar surface area (TPSA) is 113 Å². The first-order chi connectivity index (χ1) is 9.39. The number of esters is 2. The van der Waals surface area contributed by atoms with Gasteiger partial charge in [-0.2, -0.15) is 0 Å². The molecule has 0 saturated carbocycles. The van der Waals surface area contributed by atoms with E-state index in [0.29, 0.717) is 12.8 Å². The molecule has 0 aliphatic heterocycles. The van der Waals surface area contributed by atoms with Crippen LogP contribution in [0.15, 0.2) is 0 Å². The molecule has 1 unspecified atom stereocenters. The Labute approximate surface area is 118 Å².